The molecule has 1 N–H and O–H groups in total. The Bertz CT molecular complexity index is 1200. The molecule has 0 saturated carbocycles. The summed E-state index contributed by atoms with van der Waals surface area (Å²) in [6, 6.07) is 13.0. The van der Waals surface area contributed by atoms with Crippen LogP contribution in [-0.2, 0) is 0 Å². The quantitative estimate of drug-likeness (QED) is 0.529. The van der Waals surface area contributed by atoms with Gasteiger partial charge in [-0.1, -0.05) is 18.2 Å². The summed E-state index contributed by atoms with van der Waals surface area (Å²) in [5, 5.41) is 7.47. The predicted octanol–water partition coefficient (Wildman–Crippen LogP) is 4.82. The SMILES string of the molecule is COc1cccc(F)c1-c1ncc2[nH]nc(-c3cccc(N4CCCCC4)c3)c2n1. The van der Waals surface area contributed by atoms with Crippen molar-refractivity contribution in [2.24, 2.45) is 0 Å². The van der Waals surface area contributed by atoms with E-state index in [1.54, 1.807) is 18.3 Å². The molecule has 4 aromatic rings. The van der Waals surface area contributed by atoms with Gasteiger partial charge in [0.05, 0.1) is 18.9 Å². The lowest BCUT2D eigenvalue weighted by Gasteiger charge is -2.29. The van der Waals surface area contributed by atoms with Crippen molar-refractivity contribution in [3.8, 4) is 28.4 Å². The van der Waals surface area contributed by atoms with Crippen molar-refractivity contribution in [3.05, 3.63) is 54.5 Å². The molecule has 2 aromatic heterocycles. The second kappa shape index (κ2) is 7.74. The minimum atomic E-state index is -0.425. The zero-order valence-electron chi connectivity index (χ0n) is 16.7. The molecule has 0 radical (unpaired) electrons. The van der Waals surface area contributed by atoms with Gasteiger partial charge < -0.3 is 9.64 Å². The maximum absolute atomic E-state index is 14.5. The first-order valence-electron chi connectivity index (χ1n) is 10.1. The van der Waals surface area contributed by atoms with E-state index >= 15 is 0 Å². The molecule has 1 aliphatic heterocycles. The van der Waals surface area contributed by atoms with Crippen LogP contribution in [0.25, 0.3) is 33.7 Å². The monoisotopic (exact) mass is 403 g/mol. The summed E-state index contributed by atoms with van der Waals surface area (Å²) in [5.41, 5.74) is 4.48. The highest BCUT2D eigenvalue weighted by Gasteiger charge is 2.18. The number of hydrogen-bond acceptors (Lipinski definition) is 5. The number of methoxy groups -OCH3 is 1. The highest BCUT2D eigenvalue weighted by Crippen LogP contribution is 2.33. The van der Waals surface area contributed by atoms with Gasteiger partial charge in [0, 0.05) is 24.3 Å². The van der Waals surface area contributed by atoms with Gasteiger partial charge in [-0.3, -0.25) is 5.10 Å². The van der Waals surface area contributed by atoms with Crippen molar-refractivity contribution < 1.29 is 9.13 Å². The number of ether oxygens (including phenoxy) is 1. The van der Waals surface area contributed by atoms with Crippen LogP contribution in [0.1, 0.15) is 19.3 Å². The van der Waals surface area contributed by atoms with Crippen molar-refractivity contribution in [2.45, 2.75) is 19.3 Å². The summed E-state index contributed by atoms with van der Waals surface area (Å²) in [4.78, 5) is 11.4. The number of aromatic amines is 1. The maximum atomic E-state index is 14.5. The Balaban J connectivity index is 1.60. The third kappa shape index (κ3) is 3.26. The number of nitrogens with one attached hydrogen (secondary N) is 1. The van der Waals surface area contributed by atoms with E-state index in [9.17, 15) is 4.39 Å². The van der Waals surface area contributed by atoms with E-state index in [-0.39, 0.29) is 11.4 Å². The molecule has 0 atom stereocenters. The molecule has 7 heteroatoms. The number of aromatic nitrogens is 4. The van der Waals surface area contributed by atoms with Crippen LogP contribution in [0.4, 0.5) is 10.1 Å². The summed E-state index contributed by atoms with van der Waals surface area (Å²) >= 11 is 0. The molecule has 0 bridgehead atoms. The fourth-order valence-corrected chi connectivity index (χ4v) is 4.03. The fraction of sp³-hybridized carbons (Fsp3) is 0.261. The largest absolute Gasteiger partial charge is 0.496 e. The lowest BCUT2D eigenvalue weighted by molar-refractivity contribution is 0.413. The summed E-state index contributed by atoms with van der Waals surface area (Å²) in [7, 11) is 1.51. The summed E-state index contributed by atoms with van der Waals surface area (Å²) in [5.74, 6) is 0.240. The number of hydrogen-bond donors (Lipinski definition) is 1. The van der Waals surface area contributed by atoms with Crippen molar-refractivity contribution in [3.63, 3.8) is 0 Å². The average Bonchev–Trinajstić information content (AvgIpc) is 3.23. The molecule has 0 aliphatic carbocycles. The van der Waals surface area contributed by atoms with Crippen molar-refractivity contribution in [2.75, 3.05) is 25.1 Å². The first-order chi connectivity index (χ1) is 14.7. The molecule has 3 heterocycles. The smallest absolute Gasteiger partial charge is 0.166 e. The second-order valence-corrected chi connectivity index (χ2v) is 7.44. The molecule has 30 heavy (non-hydrogen) atoms. The van der Waals surface area contributed by atoms with Gasteiger partial charge in [-0.2, -0.15) is 5.10 Å². The van der Waals surface area contributed by atoms with E-state index < -0.39 is 5.82 Å². The molecule has 152 valence electrons. The number of anilines is 1. The second-order valence-electron chi connectivity index (χ2n) is 7.44. The van der Waals surface area contributed by atoms with Crippen LogP contribution >= 0.6 is 0 Å². The van der Waals surface area contributed by atoms with Gasteiger partial charge in [-0.25, -0.2) is 14.4 Å². The molecule has 1 fully saturated rings. The highest BCUT2D eigenvalue weighted by atomic mass is 19.1. The number of halogens is 1. The van der Waals surface area contributed by atoms with E-state index in [0.717, 1.165) is 24.3 Å². The average molecular weight is 403 g/mol. The standard InChI is InChI=1S/C23H22FN5O/c1-30-19-10-6-9-17(24)20(19)23-25-14-18-22(26-23)21(28-27-18)15-7-5-8-16(13-15)29-11-3-2-4-12-29/h5-10,13-14H,2-4,11-12H2,1H3,(H,27,28). The zero-order chi connectivity index (χ0) is 20.5. The van der Waals surface area contributed by atoms with Crippen LogP contribution in [0.3, 0.4) is 0 Å². The van der Waals surface area contributed by atoms with Crippen LogP contribution in [0, 0.1) is 5.82 Å². The Morgan fingerprint density at radius 2 is 1.90 bits per heavy atom. The Labute approximate surface area is 173 Å². The number of H-pyrrole nitrogens is 1. The van der Waals surface area contributed by atoms with Crippen LogP contribution in [0.2, 0.25) is 0 Å². The predicted molar refractivity (Wildman–Crippen MR) is 115 cm³/mol. The number of rotatable bonds is 4. The zero-order valence-corrected chi connectivity index (χ0v) is 16.7. The summed E-state index contributed by atoms with van der Waals surface area (Å²) < 4.78 is 19.9. The van der Waals surface area contributed by atoms with Gasteiger partial charge in [0.1, 0.15) is 28.3 Å². The molecule has 1 aliphatic rings. The Kier molecular flexibility index (Phi) is 4.78. The minimum absolute atomic E-state index is 0.246. The van der Waals surface area contributed by atoms with Gasteiger partial charge in [0.25, 0.3) is 0 Å². The highest BCUT2D eigenvalue weighted by molar-refractivity contribution is 5.91. The number of benzene rings is 2. The van der Waals surface area contributed by atoms with Gasteiger partial charge >= 0.3 is 0 Å². The van der Waals surface area contributed by atoms with Crippen LogP contribution in [0.5, 0.6) is 5.75 Å². The minimum Gasteiger partial charge on any atom is -0.496 e. The number of nitrogens with zero attached hydrogens (tertiary/aromatic N) is 4. The van der Waals surface area contributed by atoms with Gasteiger partial charge in [-0.05, 0) is 43.5 Å². The molecule has 6 nitrogen and oxygen atoms in total. The lowest BCUT2D eigenvalue weighted by Crippen LogP contribution is -2.29. The van der Waals surface area contributed by atoms with Crippen LogP contribution in [-0.4, -0.2) is 40.4 Å². The normalized spacial score (nSPS) is 14.3. The molecule has 5 rings (SSSR count). The van der Waals surface area contributed by atoms with Gasteiger partial charge in [0.15, 0.2) is 5.82 Å². The number of fused-ring (bicyclic) bond motifs is 1. The third-order valence-corrected chi connectivity index (χ3v) is 5.56. The summed E-state index contributed by atoms with van der Waals surface area (Å²) in [6.45, 7) is 2.15. The van der Waals surface area contributed by atoms with E-state index in [1.165, 1.54) is 38.1 Å². The Morgan fingerprint density at radius 1 is 1.07 bits per heavy atom. The van der Waals surface area contributed by atoms with Gasteiger partial charge in [-0.15, -0.1) is 0 Å². The Morgan fingerprint density at radius 3 is 2.73 bits per heavy atom. The van der Waals surface area contributed by atoms with Crippen molar-refractivity contribution >= 4 is 16.7 Å². The van der Waals surface area contributed by atoms with E-state index in [2.05, 4.69) is 37.2 Å². The molecule has 0 unspecified atom stereocenters. The molecule has 0 amide bonds. The molecule has 2 aromatic carbocycles. The topological polar surface area (TPSA) is 66.9 Å². The van der Waals surface area contributed by atoms with Crippen LogP contribution in [0.15, 0.2) is 48.7 Å². The van der Waals surface area contributed by atoms with E-state index in [1.807, 2.05) is 12.1 Å². The molecular weight excluding hydrogens is 381 g/mol. The number of piperidine rings is 1. The fourth-order valence-electron chi connectivity index (χ4n) is 4.03. The molecule has 1 saturated heterocycles. The maximum Gasteiger partial charge on any atom is 0.166 e. The first-order valence-corrected chi connectivity index (χ1v) is 10.1. The molecule has 0 spiro atoms. The lowest BCUT2D eigenvalue weighted by atomic mass is 10.1. The van der Waals surface area contributed by atoms with Crippen molar-refractivity contribution in [1.82, 2.24) is 20.2 Å². The van der Waals surface area contributed by atoms with Crippen molar-refractivity contribution in [1.29, 1.82) is 0 Å². The van der Waals surface area contributed by atoms with E-state index in [0.29, 0.717) is 16.8 Å². The van der Waals surface area contributed by atoms with Crippen LogP contribution < -0.4 is 9.64 Å². The van der Waals surface area contributed by atoms with E-state index in [4.69, 9.17) is 4.74 Å². The first kappa shape index (κ1) is 18.5. The Hall–Kier alpha value is -3.48. The summed E-state index contributed by atoms with van der Waals surface area (Å²) in [6.07, 6.45) is 5.36. The molecular formula is C23H22FN5O. The van der Waals surface area contributed by atoms with Gasteiger partial charge in [0.2, 0.25) is 0 Å². The third-order valence-electron chi connectivity index (χ3n) is 5.56.